The van der Waals surface area contributed by atoms with Crippen molar-refractivity contribution in [2.45, 2.75) is 30.8 Å². The molecule has 0 aliphatic carbocycles. The van der Waals surface area contributed by atoms with Gasteiger partial charge in [-0.2, -0.15) is 0 Å². The number of nitrogens with one attached hydrogen (secondary N) is 2. The Bertz CT molecular complexity index is 1150. The van der Waals surface area contributed by atoms with Gasteiger partial charge in [-0.3, -0.25) is 4.72 Å². The molecule has 0 aromatic heterocycles. The maximum atomic E-state index is 13.2. The first-order valence-corrected chi connectivity index (χ1v) is 11.6. The molecule has 0 radical (unpaired) electrons. The van der Waals surface area contributed by atoms with E-state index in [1.54, 1.807) is 25.3 Å². The summed E-state index contributed by atoms with van der Waals surface area (Å²) in [5.74, 6) is 0.726. The summed E-state index contributed by atoms with van der Waals surface area (Å²) in [5.41, 5.74) is 1.40. The lowest BCUT2D eigenvalue weighted by Crippen LogP contribution is -2.54. The standard InChI is InChI=1S/C23H27N3O3S/c1-16-14-26(15-17(2)24-16)21-13-19(11-12-22(21)29-3)25-30(27,28)23-10-6-8-18-7-4-5-9-20(18)23/h4-13,16-17,24-25H,14-15H2,1-3H3. The summed E-state index contributed by atoms with van der Waals surface area (Å²) >= 11 is 0. The molecular formula is C23H27N3O3S. The molecule has 158 valence electrons. The van der Waals surface area contributed by atoms with Crippen molar-refractivity contribution in [1.29, 1.82) is 0 Å². The van der Waals surface area contributed by atoms with E-state index < -0.39 is 10.0 Å². The summed E-state index contributed by atoms with van der Waals surface area (Å²) in [7, 11) is -2.12. The summed E-state index contributed by atoms with van der Waals surface area (Å²) in [6.45, 7) is 5.92. The number of benzene rings is 3. The highest BCUT2D eigenvalue weighted by atomic mass is 32.2. The number of nitrogens with zero attached hydrogens (tertiary/aromatic N) is 1. The van der Waals surface area contributed by atoms with Crippen molar-refractivity contribution in [2.24, 2.45) is 0 Å². The number of hydrogen-bond donors (Lipinski definition) is 2. The third kappa shape index (κ3) is 4.08. The summed E-state index contributed by atoms with van der Waals surface area (Å²) in [6, 6.07) is 18.8. The van der Waals surface area contributed by atoms with E-state index in [0.29, 0.717) is 23.2 Å². The first-order valence-electron chi connectivity index (χ1n) is 10.1. The smallest absolute Gasteiger partial charge is 0.262 e. The van der Waals surface area contributed by atoms with E-state index in [-0.39, 0.29) is 4.90 Å². The van der Waals surface area contributed by atoms with Gasteiger partial charge in [0.2, 0.25) is 0 Å². The highest BCUT2D eigenvalue weighted by Gasteiger charge is 2.24. The minimum Gasteiger partial charge on any atom is -0.495 e. The third-order valence-corrected chi connectivity index (χ3v) is 6.81. The average Bonchev–Trinajstić information content (AvgIpc) is 2.72. The van der Waals surface area contributed by atoms with E-state index in [0.717, 1.165) is 29.9 Å². The van der Waals surface area contributed by atoms with Crippen molar-refractivity contribution in [3.63, 3.8) is 0 Å². The summed E-state index contributed by atoms with van der Waals surface area (Å²) < 4.78 is 34.7. The number of anilines is 2. The predicted molar refractivity (Wildman–Crippen MR) is 122 cm³/mol. The minimum atomic E-state index is -3.75. The largest absolute Gasteiger partial charge is 0.495 e. The lowest BCUT2D eigenvalue weighted by Gasteiger charge is -2.38. The van der Waals surface area contributed by atoms with Gasteiger partial charge in [0, 0.05) is 30.6 Å². The van der Waals surface area contributed by atoms with Crippen molar-refractivity contribution in [2.75, 3.05) is 29.8 Å². The van der Waals surface area contributed by atoms with E-state index >= 15 is 0 Å². The Balaban J connectivity index is 1.69. The number of methoxy groups -OCH3 is 1. The van der Waals surface area contributed by atoms with Crippen LogP contribution in [0.1, 0.15) is 13.8 Å². The molecule has 2 N–H and O–H groups in total. The van der Waals surface area contributed by atoms with Gasteiger partial charge in [0.05, 0.1) is 23.4 Å². The Labute approximate surface area is 177 Å². The molecule has 1 saturated heterocycles. The topological polar surface area (TPSA) is 70.7 Å². The quantitative estimate of drug-likeness (QED) is 0.650. The molecular weight excluding hydrogens is 398 g/mol. The zero-order valence-electron chi connectivity index (χ0n) is 17.4. The van der Waals surface area contributed by atoms with Crippen molar-refractivity contribution in [3.8, 4) is 5.75 Å². The maximum absolute atomic E-state index is 13.2. The van der Waals surface area contributed by atoms with Crippen LogP contribution in [0.25, 0.3) is 10.8 Å². The Hall–Kier alpha value is -2.77. The molecule has 3 aromatic rings. The number of hydrogen-bond acceptors (Lipinski definition) is 5. The van der Waals surface area contributed by atoms with Crippen LogP contribution in [0.4, 0.5) is 11.4 Å². The average molecular weight is 426 g/mol. The number of piperazine rings is 1. The van der Waals surface area contributed by atoms with Crippen LogP contribution in [-0.4, -0.2) is 40.7 Å². The van der Waals surface area contributed by atoms with Crippen LogP contribution in [0.2, 0.25) is 0 Å². The Morgan fingerprint density at radius 3 is 2.43 bits per heavy atom. The van der Waals surface area contributed by atoms with Gasteiger partial charge in [0.1, 0.15) is 5.75 Å². The van der Waals surface area contributed by atoms with Crippen LogP contribution in [0.3, 0.4) is 0 Å². The Morgan fingerprint density at radius 2 is 1.70 bits per heavy atom. The fraction of sp³-hybridized carbons (Fsp3) is 0.304. The van der Waals surface area contributed by atoms with Gasteiger partial charge in [0.25, 0.3) is 10.0 Å². The van der Waals surface area contributed by atoms with E-state index in [1.807, 2.05) is 42.5 Å². The molecule has 0 bridgehead atoms. The fourth-order valence-electron chi connectivity index (χ4n) is 4.16. The van der Waals surface area contributed by atoms with Gasteiger partial charge in [-0.1, -0.05) is 36.4 Å². The molecule has 2 unspecified atom stereocenters. The van der Waals surface area contributed by atoms with Crippen molar-refractivity contribution in [1.82, 2.24) is 5.32 Å². The van der Waals surface area contributed by atoms with Crippen LogP contribution < -0.4 is 19.7 Å². The molecule has 1 aliphatic heterocycles. The van der Waals surface area contributed by atoms with E-state index in [4.69, 9.17) is 4.74 Å². The third-order valence-electron chi connectivity index (χ3n) is 5.37. The lowest BCUT2D eigenvalue weighted by molar-refractivity contribution is 0.391. The van der Waals surface area contributed by atoms with Crippen molar-refractivity contribution in [3.05, 3.63) is 60.7 Å². The second-order valence-corrected chi connectivity index (χ2v) is 9.49. The maximum Gasteiger partial charge on any atom is 0.262 e. The molecule has 1 heterocycles. The molecule has 6 nitrogen and oxygen atoms in total. The molecule has 0 amide bonds. The summed E-state index contributed by atoms with van der Waals surface area (Å²) in [6.07, 6.45) is 0. The van der Waals surface area contributed by atoms with E-state index in [2.05, 4.69) is 28.8 Å². The highest BCUT2D eigenvalue weighted by Crippen LogP contribution is 2.34. The number of rotatable bonds is 5. The second kappa shape index (κ2) is 8.16. The normalized spacial score (nSPS) is 19.6. The zero-order valence-corrected chi connectivity index (χ0v) is 18.2. The minimum absolute atomic E-state index is 0.266. The van der Waals surface area contributed by atoms with Crippen LogP contribution in [-0.2, 0) is 10.0 Å². The molecule has 30 heavy (non-hydrogen) atoms. The molecule has 1 aliphatic rings. The van der Waals surface area contributed by atoms with Gasteiger partial charge in [-0.15, -0.1) is 0 Å². The lowest BCUT2D eigenvalue weighted by atomic mass is 10.1. The van der Waals surface area contributed by atoms with Crippen LogP contribution in [0, 0.1) is 0 Å². The molecule has 3 aromatic carbocycles. The number of ether oxygens (including phenoxy) is 1. The first kappa shape index (κ1) is 20.5. The van der Waals surface area contributed by atoms with Gasteiger partial charge < -0.3 is 15.0 Å². The van der Waals surface area contributed by atoms with Gasteiger partial charge >= 0.3 is 0 Å². The monoisotopic (exact) mass is 425 g/mol. The van der Waals surface area contributed by atoms with Crippen molar-refractivity contribution < 1.29 is 13.2 Å². The second-order valence-electron chi connectivity index (χ2n) is 7.84. The number of fused-ring (bicyclic) bond motifs is 1. The van der Waals surface area contributed by atoms with E-state index in [1.165, 1.54) is 0 Å². The molecule has 7 heteroatoms. The fourth-order valence-corrected chi connectivity index (χ4v) is 5.44. The molecule has 0 spiro atoms. The molecule has 1 fully saturated rings. The van der Waals surface area contributed by atoms with Gasteiger partial charge in [-0.25, -0.2) is 8.42 Å². The number of sulfonamides is 1. The predicted octanol–water partition coefficient (Wildman–Crippen LogP) is 3.84. The molecule has 2 atom stereocenters. The first-order chi connectivity index (χ1) is 14.4. The molecule has 4 rings (SSSR count). The van der Waals surface area contributed by atoms with Gasteiger partial charge in [-0.05, 0) is 43.5 Å². The Kier molecular flexibility index (Phi) is 5.58. The van der Waals surface area contributed by atoms with Crippen LogP contribution in [0.5, 0.6) is 5.75 Å². The zero-order chi connectivity index (χ0) is 21.3. The Morgan fingerprint density at radius 1 is 1.00 bits per heavy atom. The highest BCUT2D eigenvalue weighted by molar-refractivity contribution is 7.93. The van der Waals surface area contributed by atoms with Gasteiger partial charge in [0.15, 0.2) is 0 Å². The van der Waals surface area contributed by atoms with Crippen molar-refractivity contribution >= 4 is 32.2 Å². The van der Waals surface area contributed by atoms with E-state index in [9.17, 15) is 8.42 Å². The SMILES string of the molecule is COc1ccc(NS(=O)(=O)c2cccc3ccccc23)cc1N1CC(C)NC(C)C1. The molecule has 0 saturated carbocycles. The van der Waals surface area contributed by atoms with Crippen LogP contribution in [0.15, 0.2) is 65.6 Å². The summed E-state index contributed by atoms with van der Waals surface area (Å²) in [5, 5.41) is 5.10. The van der Waals surface area contributed by atoms with Crippen LogP contribution >= 0.6 is 0 Å². The summed E-state index contributed by atoms with van der Waals surface area (Å²) in [4.78, 5) is 2.50.